The van der Waals surface area contributed by atoms with Crippen LogP contribution in [0.1, 0.15) is 36.8 Å². The molecule has 1 aromatic carbocycles. The molecule has 0 radical (unpaired) electrons. The molecule has 1 aromatic rings. The second-order valence-corrected chi connectivity index (χ2v) is 6.78. The van der Waals surface area contributed by atoms with Gasteiger partial charge < -0.3 is 9.53 Å². The maximum absolute atomic E-state index is 10.2. The van der Waals surface area contributed by atoms with Crippen molar-refractivity contribution in [2.75, 3.05) is 26.3 Å². The number of nitrogens with zero attached hydrogens (tertiary/aromatic N) is 1. The Morgan fingerprint density at radius 1 is 1.14 bits per heavy atom. The van der Waals surface area contributed by atoms with Crippen LogP contribution in [-0.2, 0) is 22.5 Å². The lowest BCUT2D eigenvalue weighted by Gasteiger charge is -2.17. The molecule has 2 fully saturated rings. The van der Waals surface area contributed by atoms with Crippen LogP contribution < -0.4 is 0 Å². The van der Waals surface area contributed by atoms with Crippen LogP contribution in [0.4, 0.5) is 0 Å². The molecule has 3 heteroatoms. The minimum atomic E-state index is 0.497. The number of carbonyl (C=O) groups excluding carboxylic acids is 1. The van der Waals surface area contributed by atoms with E-state index in [9.17, 15) is 4.79 Å². The number of fused-ring (bicyclic) bond motifs is 1. The van der Waals surface area contributed by atoms with Crippen LogP contribution in [-0.4, -0.2) is 37.5 Å². The summed E-state index contributed by atoms with van der Waals surface area (Å²) >= 11 is 0. The van der Waals surface area contributed by atoms with Crippen molar-refractivity contribution >= 4 is 6.29 Å². The summed E-state index contributed by atoms with van der Waals surface area (Å²) in [6.45, 7) is 4.92. The Morgan fingerprint density at radius 3 is 2.68 bits per heavy atom. The number of benzene rings is 1. The van der Waals surface area contributed by atoms with Crippen LogP contribution in [0.25, 0.3) is 0 Å². The van der Waals surface area contributed by atoms with Crippen molar-refractivity contribution in [3.05, 3.63) is 35.4 Å². The van der Waals surface area contributed by atoms with E-state index < -0.39 is 0 Å². The molecule has 0 amide bonds. The SMILES string of the molecule is O=CCCOCCc1cccc(CN2CC3CCCC3C2)c1. The molecule has 1 aliphatic carbocycles. The largest absolute Gasteiger partial charge is 0.381 e. The molecule has 2 unspecified atom stereocenters. The first-order chi connectivity index (χ1) is 10.8. The van der Waals surface area contributed by atoms with Crippen molar-refractivity contribution < 1.29 is 9.53 Å². The third-order valence-electron chi connectivity index (χ3n) is 5.11. The van der Waals surface area contributed by atoms with Crippen LogP contribution in [0.5, 0.6) is 0 Å². The van der Waals surface area contributed by atoms with E-state index in [0.29, 0.717) is 19.6 Å². The lowest BCUT2D eigenvalue weighted by atomic mass is 10.0. The highest BCUT2D eigenvalue weighted by atomic mass is 16.5. The summed E-state index contributed by atoms with van der Waals surface area (Å²) in [7, 11) is 0. The fourth-order valence-corrected chi connectivity index (χ4v) is 4.03. The zero-order chi connectivity index (χ0) is 15.2. The second kappa shape index (κ2) is 7.89. The fourth-order valence-electron chi connectivity index (χ4n) is 4.03. The van der Waals surface area contributed by atoms with E-state index in [2.05, 4.69) is 29.2 Å². The third-order valence-corrected chi connectivity index (χ3v) is 5.11. The first-order valence-electron chi connectivity index (χ1n) is 8.66. The van der Waals surface area contributed by atoms with Crippen molar-refractivity contribution in [1.29, 1.82) is 0 Å². The number of rotatable bonds is 8. The molecule has 0 bridgehead atoms. The molecule has 0 spiro atoms. The van der Waals surface area contributed by atoms with Crippen molar-refractivity contribution in [3.8, 4) is 0 Å². The van der Waals surface area contributed by atoms with Crippen LogP contribution >= 0.6 is 0 Å². The summed E-state index contributed by atoms with van der Waals surface area (Å²) in [5.41, 5.74) is 2.76. The molecule has 1 aliphatic heterocycles. The van der Waals surface area contributed by atoms with Gasteiger partial charge in [-0.05, 0) is 42.2 Å². The lowest BCUT2D eigenvalue weighted by Crippen LogP contribution is -2.21. The Hall–Kier alpha value is -1.19. The van der Waals surface area contributed by atoms with Gasteiger partial charge in [-0.15, -0.1) is 0 Å². The normalized spacial score (nSPS) is 24.5. The summed E-state index contributed by atoms with van der Waals surface area (Å²) in [4.78, 5) is 12.9. The van der Waals surface area contributed by atoms with E-state index in [1.54, 1.807) is 0 Å². The predicted molar refractivity (Wildman–Crippen MR) is 87.8 cm³/mol. The summed E-state index contributed by atoms with van der Waals surface area (Å²) in [5.74, 6) is 1.93. The molecular formula is C19H27NO2. The molecule has 2 atom stereocenters. The summed E-state index contributed by atoms with van der Waals surface area (Å²) in [5, 5.41) is 0. The van der Waals surface area contributed by atoms with Gasteiger partial charge in [0.2, 0.25) is 0 Å². The second-order valence-electron chi connectivity index (χ2n) is 6.78. The van der Waals surface area contributed by atoms with E-state index >= 15 is 0 Å². The molecule has 22 heavy (non-hydrogen) atoms. The first kappa shape index (κ1) is 15.7. The van der Waals surface area contributed by atoms with Gasteiger partial charge in [0.05, 0.1) is 13.2 Å². The minimum absolute atomic E-state index is 0.497. The van der Waals surface area contributed by atoms with Crippen LogP contribution in [0.3, 0.4) is 0 Å². The van der Waals surface area contributed by atoms with Gasteiger partial charge in [0.25, 0.3) is 0 Å². The smallest absolute Gasteiger partial charge is 0.122 e. The molecule has 1 saturated carbocycles. The predicted octanol–water partition coefficient (Wildman–Crippen LogP) is 3.07. The van der Waals surface area contributed by atoms with E-state index in [-0.39, 0.29) is 0 Å². The number of hydrogen-bond acceptors (Lipinski definition) is 3. The van der Waals surface area contributed by atoms with Gasteiger partial charge in [-0.1, -0.05) is 30.7 Å². The fraction of sp³-hybridized carbons (Fsp3) is 0.632. The molecule has 3 nitrogen and oxygen atoms in total. The summed E-state index contributed by atoms with van der Waals surface area (Å²) in [6, 6.07) is 8.89. The topological polar surface area (TPSA) is 29.5 Å². The first-order valence-corrected chi connectivity index (χ1v) is 8.66. The average Bonchev–Trinajstić information content (AvgIpc) is 3.09. The number of hydrogen-bond donors (Lipinski definition) is 0. The van der Waals surface area contributed by atoms with E-state index in [1.165, 1.54) is 43.5 Å². The highest BCUT2D eigenvalue weighted by Crippen LogP contribution is 2.38. The highest BCUT2D eigenvalue weighted by Gasteiger charge is 2.35. The zero-order valence-corrected chi connectivity index (χ0v) is 13.4. The molecule has 2 aliphatic rings. The minimum Gasteiger partial charge on any atom is -0.381 e. The quantitative estimate of drug-likeness (QED) is 0.546. The number of aldehydes is 1. The van der Waals surface area contributed by atoms with Crippen molar-refractivity contribution in [2.45, 2.75) is 38.6 Å². The highest BCUT2D eigenvalue weighted by molar-refractivity contribution is 5.49. The standard InChI is InChI=1S/C19H27NO2/c21-9-3-10-22-11-8-16-4-1-5-17(12-16)13-20-14-18-6-2-7-19(18)15-20/h1,4-5,9,12,18-19H,2-3,6-8,10-11,13-15H2. The maximum atomic E-state index is 10.2. The van der Waals surface area contributed by atoms with Gasteiger partial charge in [0.1, 0.15) is 6.29 Å². The number of ether oxygens (including phenoxy) is 1. The van der Waals surface area contributed by atoms with E-state index in [1.807, 2.05) is 0 Å². The Bertz CT molecular complexity index is 476. The summed E-state index contributed by atoms with van der Waals surface area (Å²) < 4.78 is 5.46. The molecule has 0 aromatic heterocycles. The van der Waals surface area contributed by atoms with E-state index in [0.717, 1.165) is 31.1 Å². The third kappa shape index (κ3) is 4.17. The van der Waals surface area contributed by atoms with Gasteiger partial charge in [0, 0.05) is 26.1 Å². The molecular weight excluding hydrogens is 274 g/mol. The molecule has 120 valence electrons. The van der Waals surface area contributed by atoms with Gasteiger partial charge in [-0.3, -0.25) is 4.90 Å². The Morgan fingerprint density at radius 2 is 1.91 bits per heavy atom. The van der Waals surface area contributed by atoms with Crippen LogP contribution in [0, 0.1) is 11.8 Å². The average molecular weight is 301 g/mol. The Kier molecular flexibility index (Phi) is 5.63. The molecule has 1 saturated heterocycles. The van der Waals surface area contributed by atoms with Gasteiger partial charge in [0.15, 0.2) is 0 Å². The number of carbonyl (C=O) groups is 1. The molecule has 1 heterocycles. The van der Waals surface area contributed by atoms with Crippen molar-refractivity contribution in [2.24, 2.45) is 11.8 Å². The Balaban J connectivity index is 1.46. The van der Waals surface area contributed by atoms with Crippen LogP contribution in [0.2, 0.25) is 0 Å². The lowest BCUT2D eigenvalue weighted by molar-refractivity contribution is -0.108. The van der Waals surface area contributed by atoms with Gasteiger partial charge >= 0.3 is 0 Å². The van der Waals surface area contributed by atoms with E-state index in [4.69, 9.17) is 4.74 Å². The van der Waals surface area contributed by atoms with Crippen molar-refractivity contribution in [3.63, 3.8) is 0 Å². The molecule has 0 N–H and O–H groups in total. The van der Waals surface area contributed by atoms with Crippen LogP contribution in [0.15, 0.2) is 24.3 Å². The van der Waals surface area contributed by atoms with Gasteiger partial charge in [-0.25, -0.2) is 0 Å². The zero-order valence-electron chi connectivity index (χ0n) is 13.4. The van der Waals surface area contributed by atoms with Gasteiger partial charge in [-0.2, -0.15) is 0 Å². The molecule has 3 rings (SSSR count). The summed E-state index contributed by atoms with van der Waals surface area (Å²) in [6.07, 6.45) is 6.67. The number of likely N-dealkylation sites (tertiary alicyclic amines) is 1. The Labute approximate surface area is 133 Å². The maximum Gasteiger partial charge on any atom is 0.122 e. The monoisotopic (exact) mass is 301 g/mol. The van der Waals surface area contributed by atoms with Crippen molar-refractivity contribution in [1.82, 2.24) is 4.90 Å².